The lowest BCUT2D eigenvalue weighted by Crippen LogP contribution is -1.96. The van der Waals surface area contributed by atoms with Gasteiger partial charge in [-0.2, -0.15) is 0 Å². The molecule has 4 heteroatoms. The standard InChI is InChI=1S/C47H29N3O/c1-3-13-30(14-4-1)32-17-11-20-35(27-32)47-49-41(31-15-5-2-6-16-31)29-42(50-47)33-18-12-19-34(28-33)45-39-26-25-37-36-21-8-10-24-43(36)51-46(37)44(39)38-22-7-9-23-40(38)48-45/h1-29H. The minimum absolute atomic E-state index is 0.677. The highest BCUT2D eigenvalue weighted by atomic mass is 16.3. The van der Waals surface area contributed by atoms with Gasteiger partial charge in [-0.3, -0.25) is 0 Å². The van der Waals surface area contributed by atoms with Gasteiger partial charge < -0.3 is 4.42 Å². The van der Waals surface area contributed by atoms with Crippen molar-refractivity contribution < 1.29 is 4.42 Å². The van der Waals surface area contributed by atoms with Crippen molar-refractivity contribution in [1.29, 1.82) is 0 Å². The zero-order chi connectivity index (χ0) is 33.7. The van der Waals surface area contributed by atoms with E-state index < -0.39 is 0 Å². The first-order chi connectivity index (χ1) is 25.3. The molecule has 0 atom stereocenters. The van der Waals surface area contributed by atoms with Gasteiger partial charge in [0.2, 0.25) is 0 Å². The van der Waals surface area contributed by atoms with E-state index in [1.807, 2.05) is 42.5 Å². The van der Waals surface area contributed by atoms with Crippen LogP contribution >= 0.6 is 0 Å². The van der Waals surface area contributed by atoms with E-state index in [0.717, 1.165) is 94.1 Å². The van der Waals surface area contributed by atoms with Crippen LogP contribution in [0.2, 0.25) is 0 Å². The Labute approximate surface area is 294 Å². The molecule has 0 aliphatic heterocycles. The molecule has 7 aromatic carbocycles. The molecular weight excluding hydrogens is 623 g/mol. The van der Waals surface area contributed by atoms with Gasteiger partial charge >= 0.3 is 0 Å². The summed E-state index contributed by atoms with van der Waals surface area (Å²) in [4.78, 5) is 15.6. The molecule has 0 fully saturated rings. The number of aromatic nitrogens is 3. The molecular formula is C47H29N3O. The average Bonchev–Trinajstić information content (AvgIpc) is 3.60. The van der Waals surface area contributed by atoms with E-state index in [1.54, 1.807) is 0 Å². The maximum atomic E-state index is 6.56. The summed E-state index contributed by atoms with van der Waals surface area (Å²) in [5.74, 6) is 0.677. The van der Waals surface area contributed by atoms with Crippen LogP contribution in [0.4, 0.5) is 0 Å². The summed E-state index contributed by atoms with van der Waals surface area (Å²) in [6.07, 6.45) is 0. The summed E-state index contributed by atoms with van der Waals surface area (Å²) >= 11 is 0. The maximum absolute atomic E-state index is 6.56. The second-order valence-corrected chi connectivity index (χ2v) is 12.8. The van der Waals surface area contributed by atoms with Gasteiger partial charge in [-0.05, 0) is 47.5 Å². The van der Waals surface area contributed by atoms with Gasteiger partial charge in [-0.25, -0.2) is 15.0 Å². The Hall–Kier alpha value is -6.91. The lowest BCUT2D eigenvalue weighted by Gasteiger charge is -2.13. The van der Waals surface area contributed by atoms with Gasteiger partial charge in [-0.15, -0.1) is 0 Å². The van der Waals surface area contributed by atoms with Crippen LogP contribution in [0.3, 0.4) is 0 Å². The Bertz CT molecular complexity index is 2910. The minimum atomic E-state index is 0.677. The van der Waals surface area contributed by atoms with Gasteiger partial charge in [0, 0.05) is 49.2 Å². The second-order valence-electron chi connectivity index (χ2n) is 12.8. The molecule has 0 N–H and O–H groups in total. The predicted octanol–water partition coefficient (Wildman–Crippen LogP) is 12.4. The van der Waals surface area contributed by atoms with E-state index in [0.29, 0.717) is 5.82 Å². The molecule has 0 aliphatic carbocycles. The Morgan fingerprint density at radius 1 is 0.353 bits per heavy atom. The molecule has 51 heavy (non-hydrogen) atoms. The van der Waals surface area contributed by atoms with Crippen molar-refractivity contribution in [3.63, 3.8) is 0 Å². The first-order valence-electron chi connectivity index (χ1n) is 17.1. The minimum Gasteiger partial charge on any atom is -0.455 e. The van der Waals surface area contributed by atoms with E-state index in [4.69, 9.17) is 19.4 Å². The van der Waals surface area contributed by atoms with Crippen molar-refractivity contribution in [2.75, 3.05) is 0 Å². The van der Waals surface area contributed by atoms with E-state index in [-0.39, 0.29) is 0 Å². The average molecular weight is 652 g/mol. The Morgan fingerprint density at radius 2 is 0.941 bits per heavy atom. The molecule has 0 amide bonds. The zero-order valence-corrected chi connectivity index (χ0v) is 27.5. The third kappa shape index (κ3) is 5.04. The highest BCUT2D eigenvalue weighted by molar-refractivity contribution is 6.24. The van der Waals surface area contributed by atoms with Gasteiger partial charge in [0.1, 0.15) is 11.2 Å². The lowest BCUT2D eigenvalue weighted by molar-refractivity contribution is 0.673. The molecule has 0 spiro atoms. The van der Waals surface area contributed by atoms with Gasteiger partial charge in [0.05, 0.1) is 22.6 Å². The normalized spacial score (nSPS) is 11.5. The molecule has 3 heterocycles. The summed E-state index contributed by atoms with van der Waals surface area (Å²) < 4.78 is 6.56. The SMILES string of the molecule is c1ccc(-c2cccc(-c3nc(-c4ccccc4)cc(-c4cccc(-c5nc6ccccc6c6c5ccc5c7ccccc7oc56)c4)n3)c2)cc1. The molecule has 0 aliphatic rings. The highest BCUT2D eigenvalue weighted by Gasteiger charge is 2.18. The van der Waals surface area contributed by atoms with Gasteiger partial charge in [0.25, 0.3) is 0 Å². The molecule has 0 unspecified atom stereocenters. The van der Waals surface area contributed by atoms with E-state index in [1.165, 1.54) is 0 Å². The fourth-order valence-electron chi connectivity index (χ4n) is 7.21. The zero-order valence-electron chi connectivity index (χ0n) is 27.5. The summed E-state index contributed by atoms with van der Waals surface area (Å²) in [6, 6.07) is 60.7. The highest BCUT2D eigenvalue weighted by Crippen LogP contribution is 2.41. The Kier molecular flexibility index (Phi) is 6.78. The molecule has 0 saturated carbocycles. The van der Waals surface area contributed by atoms with Crippen LogP contribution in [0.5, 0.6) is 0 Å². The van der Waals surface area contributed by atoms with Crippen molar-refractivity contribution in [1.82, 2.24) is 15.0 Å². The molecule has 0 radical (unpaired) electrons. The first kappa shape index (κ1) is 29.0. The molecule has 0 bridgehead atoms. The summed E-state index contributed by atoms with van der Waals surface area (Å²) in [5.41, 5.74) is 11.6. The largest absolute Gasteiger partial charge is 0.455 e. The number of pyridine rings is 1. The van der Waals surface area contributed by atoms with Crippen LogP contribution in [0.1, 0.15) is 0 Å². The lowest BCUT2D eigenvalue weighted by atomic mass is 9.96. The molecule has 0 saturated heterocycles. The fourth-order valence-corrected chi connectivity index (χ4v) is 7.21. The van der Waals surface area contributed by atoms with Gasteiger partial charge in [0.15, 0.2) is 5.82 Å². The Morgan fingerprint density at radius 3 is 1.76 bits per heavy atom. The smallest absolute Gasteiger partial charge is 0.160 e. The number of nitrogens with zero attached hydrogens (tertiary/aromatic N) is 3. The molecule has 238 valence electrons. The summed E-state index contributed by atoms with van der Waals surface area (Å²) in [6.45, 7) is 0. The van der Waals surface area contributed by atoms with E-state index in [2.05, 4.69) is 133 Å². The topological polar surface area (TPSA) is 51.8 Å². The van der Waals surface area contributed by atoms with E-state index >= 15 is 0 Å². The van der Waals surface area contributed by atoms with E-state index in [9.17, 15) is 0 Å². The molecule has 3 aromatic heterocycles. The monoisotopic (exact) mass is 651 g/mol. The maximum Gasteiger partial charge on any atom is 0.160 e. The first-order valence-corrected chi connectivity index (χ1v) is 17.1. The van der Waals surface area contributed by atoms with Gasteiger partial charge in [-0.1, -0.05) is 140 Å². The number of furan rings is 1. The number of fused-ring (bicyclic) bond motifs is 7. The fraction of sp³-hybridized carbons (Fsp3) is 0. The van der Waals surface area contributed by atoms with Crippen molar-refractivity contribution >= 4 is 43.6 Å². The predicted molar refractivity (Wildman–Crippen MR) is 209 cm³/mol. The van der Waals surface area contributed by atoms with Crippen LogP contribution in [0.15, 0.2) is 180 Å². The van der Waals surface area contributed by atoms with Crippen LogP contribution < -0.4 is 0 Å². The number of rotatable bonds is 5. The van der Waals surface area contributed by atoms with Crippen molar-refractivity contribution in [2.45, 2.75) is 0 Å². The second kappa shape index (κ2) is 11.9. The summed E-state index contributed by atoms with van der Waals surface area (Å²) in [5, 5.41) is 5.41. The van der Waals surface area contributed by atoms with Crippen LogP contribution in [-0.2, 0) is 0 Å². The number of para-hydroxylation sites is 2. The van der Waals surface area contributed by atoms with Crippen LogP contribution in [0, 0.1) is 0 Å². The van der Waals surface area contributed by atoms with Crippen molar-refractivity contribution in [3.05, 3.63) is 176 Å². The third-order valence-corrected chi connectivity index (χ3v) is 9.66. The Balaban J connectivity index is 1.17. The number of benzene rings is 7. The molecule has 10 aromatic rings. The molecule has 10 rings (SSSR count). The van der Waals surface area contributed by atoms with Crippen molar-refractivity contribution in [2.24, 2.45) is 0 Å². The quantitative estimate of drug-likeness (QED) is 0.174. The van der Waals surface area contributed by atoms with Crippen LogP contribution in [-0.4, -0.2) is 15.0 Å². The van der Waals surface area contributed by atoms with Crippen LogP contribution in [0.25, 0.3) is 99.9 Å². The number of hydrogen-bond donors (Lipinski definition) is 0. The number of hydrogen-bond acceptors (Lipinski definition) is 4. The van der Waals surface area contributed by atoms with Crippen molar-refractivity contribution in [3.8, 4) is 56.3 Å². The third-order valence-electron chi connectivity index (χ3n) is 9.66. The summed E-state index contributed by atoms with van der Waals surface area (Å²) in [7, 11) is 0. The molecule has 4 nitrogen and oxygen atoms in total.